The number of aldehydes is 1. The molecule has 0 radical (unpaired) electrons. The Morgan fingerprint density at radius 1 is 1.33 bits per heavy atom. The smallest absolute Gasteiger partial charge is 0.321 e. The highest BCUT2D eigenvalue weighted by molar-refractivity contribution is 5.73. The first-order valence-electron chi connectivity index (χ1n) is 4.87. The number of carbonyl (C=O) groups excluding carboxylic acids is 1. The highest BCUT2D eigenvalue weighted by atomic mass is 19.1. The number of nitriles is 1. The van der Waals surface area contributed by atoms with Gasteiger partial charge < -0.3 is 4.74 Å². The molecular weight excluding hydrogens is 237 g/mol. The highest BCUT2D eigenvalue weighted by Gasteiger charge is 2.05. The second-order valence-electron chi connectivity index (χ2n) is 3.27. The quantitative estimate of drug-likeness (QED) is 0.771. The van der Waals surface area contributed by atoms with Crippen molar-refractivity contribution in [2.24, 2.45) is 0 Å². The van der Waals surface area contributed by atoms with Crippen molar-refractivity contribution in [1.29, 1.82) is 5.26 Å². The van der Waals surface area contributed by atoms with Gasteiger partial charge in [-0.1, -0.05) is 0 Å². The lowest BCUT2D eigenvalue weighted by Gasteiger charge is -2.03. The standard InChI is InChI=1S/C12H6FN3O2/c13-11-3-10(2-1-9(11)4-14)18-12-15-5-8(7-17)6-16-12/h1-3,5-7H. The number of ether oxygens (including phenoxy) is 1. The van der Waals surface area contributed by atoms with Gasteiger partial charge in [-0.2, -0.15) is 5.26 Å². The molecule has 0 aliphatic heterocycles. The van der Waals surface area contributed by atoms with E-state index in [4.69, 9.17) is 10.00 Å². The zero-order valence-corrected chi connectivity index (χ0v) is 9.00. The lowest BCUT2D eigenvalue weighted by molar-refractivity contribution is 0.112. The Labute approximate surface area is 101 Å². The van der Waals surface area contributed by atoms with Crippen molar-refractivity contribution in [1.82, 2.24) is 9.97 Å². The third-order valence-electron chi connectivity index (χ3n) is 2.05. The summed E-state index contributed by atoms with van der Waals surface area (Å²) in [4.78, 5) is 17.9. The molecule has 0 aliphatic carbocycles. The minimum absolute atomic E-state index is 0.00953. The van der Waals surface area contributed by atoms with Crippen LogP contribution in [-0.4, -0.2) is 16.3 Å². The van der Waals surface area contributed by atoms with Crippen LogP contribution in [0.1, 0.15) is 15.9 Å². The molecule has 2 rings (SSSR count). The van der Waals surface area contributed by atoms with Gasteiger partial charge in [0.05, 0.1) is 11.1 Å². The van der Waals surface area contributed by atoms with Crippen molar-refractivity contribution in [2.75, 3.05) is 0 Å². The second kappa shape index (κ2) is 5.01. The number of hydrogen-bond acceptors (Lipinski definition) is 5. The maximum absolute atomic E-state index is 13.3. The molecular formula is C12H6FN3O2. The van der Waals surface area contributed by atoms with Gasteiger partial charge in [-0.25, -0.2) is 14.4 Å². The minimum Gasteiger partial charge on any atom is -0.424 e. The predicted octanol–water partition coefficient (Wildman–Crippen LogP) is 2.09. The van der Waals surface area contributed by atoms with Crippen LogP contribution in [0.25, 0.3) is 0 Å². The van der Waals surface area contributed by atoms with Crippen LogP contribution in [0.2, 0.25) is 0 Å². The van der Waals surface area contributed by atoms with E-state index in [-0.39, 0.29) is 17.3 Å². The zero-order chi connectivity index (χ0) is 13.0. The summed E-state index contributed by atoms with van der Waals surface area (Å²) < 4.78 is 18.5. The number of carbonyl (C=O) groups is 1. The van der Waals surface area contributed by atoms with E-state index < -0.39 is 5.82 Å². The van der Waals surface area contributed by atoms with Gasteiger partial charge in [-0.3, -0.25) is 4.79 Å². The Kier molecular flexibility index (Phi) is 3.25. The molecule has 1 aromatic heterocycles. The van der Waals surface area contributed by atoms with Crippen molar-refractivity contribution in [3.05, 3.63) is 47.5 Å². The molecule has 2 aromatic rings. The molecule has 0 bridgehead atoms. The number of rotatable bonds is 3. The third kappa shape index (κ3) is 2.47. The molecule has 0 unspecified atom stereocenters. The molecule has 0 aliphatic rings. The Balaban J connectivity index is 2.20. The van der Waals surface area contributed by atoms with Gasteiger partial charge in [0.25, 0.3) is 0 Å². The van der Waals surface area contributed by atoms with Crippen molar-refractivity contribution >= 4 is 6.29 Å². The van der Waals surface area contributed by atoms with E-state index in [0.717, 1.165) is 6.07 Å². The first-order valence-corrected chi connectivity index (χ1v) is 4.87. The maximum Gasteiger partial charge on any atom is 0.321 e. The summed E-state index contributed by atoms with van der Waals surface area (Å²) >= 11 is 0. The fourth-order valence-corrected chi connectivity index (χ4v) is 1.20. The van der Waals surface area contributed by atoms with Gasteiger partial charge in [0, 0.05) is 18.5 Å². The van der Waals surface area contributed by atoms with Crippen LogP contribution in [0, 0.1) is 17.1 Å². The SMILES string of the molecule is N#Cc1ccc(Oc2ncc(C=O)cn2)cc1F. The lowest BCUT2D eigenvalue weighted by atomic mass is 10.2. The second-order valence-corrected chi connectivity index (χ2v) is 3.27. The van der Waals surface area contributed by atoms with Crippen LogP contribution >= 0.6 is 0 Å². The monoisotopic (exact) mass is 243 g/mol. The minimum atomic E-state index is -0.681. The van der Waals surface area contributed by atoms with Gasteiger partial charge >= 0.3 is 6.01 Å². The van der Waals surface area contributed by atoms with Gasteiger partial charge in [-0.05, 0) is 12.1 Å². The maximum atomic E-state index is 13.3. The molecule has 0 N–H and O–H groups in total. The molecule has 0 atom stereocenters. The summed E-state index contributed by atoms with van der Waals surface area (Å²) in [5.74, 6) is -0.509. The zero-order valence-electron chi connectivity index (χ0n) is 9.00. The average molecular weight is 243 g/mol. The highest BCUT2D eigenvalue weighted by Crippen LogP contribution is 2.20. The van der Waals surface area contributed by atoms with Crippen molar-refractivity contribution in [3.8, 4) is 17.8 Å². The average Bonchev–Trinajstić information content (AvgIpc) is 2.40. The molecule has 88 valence electrons. The topological polar surface area (TPSA) is 75.9 Å². The summed E-state index contributed by atoms with van der Waals surface area (Å²) in [7, 11) is 0. The fourth-order valence-electron chi connectivity index (χ4n) is 1.20. The number of benzene rings is 1. The van der Waals surface area contributed by atoms with E-state index in [1.807, 2.05) is 0 Å². The van der Waals surface area contributed by atoms with Crippen LogP contribution in [0.5, 0.6) is 11.8 Å². The molecule has 0 saturated carbocycles. The van der Waals surface area contributed by atoms with Crippen LogP contribution in [0.15, 0.2) is 30.6 Å². The Hall–Kier alpha value is -2.81. The van der Waals surface area contributed by atoms with Crippen LogP contribution in [0.3, 0.4) is 0 Å². The van der Waals surface area contributed by atoms with E-state index >= 15 is 0 Å². The molecule has 0 amide bonds. The van der Waals surface area contributed by atoms with Crippen LogP contribution in [-0.2, 0) is 0 Å². The Morgan fingerprint density at radius 3 is 2.61 bits per heavy atom. The van der Waals surface area contributed by atoms with Gasteiger partial charge in [0.1, 0.15) is 17.6 Å². The number of nitrogens with zero attached hydrogens (tertiary/aromatic N) is 3. The van der Waals surface area contributed by atoms with E-state index in [0.29, 0.717) is 11.8 Å². The molecule has 0 fully saturated rings. The van der Waals surface area contributed by atoms with Crippen LogP contribution < -0.4 is 4.74 Å². The molecule has 0 spiro atoms. The fraction of sp³-hybridized carbons (Fsp3) is 0. The number of hydrogen-bond donors (Lipinski definition) is 0. The Bertz CT molecular complexity index is 620. The molecule has 5 nitrogen and oxygen atoms in total. The number of aromatic nitrogens is 2. The number of halogens is 1. The van der Waals surface area contributed by atoms with E-state index in [1.165, 1.54) is 24.5 Å². The first-order chi connectivity index (χ1) is 8.72. The van der Waals surface area contributed by atoms with Gasteiger partial charge in [-0.15, -0.1) is 0 Å². The predicted molar refractivity (Wildman–Crippen MR) is 58.6 cm³/mol. The van der Waals surface area contributed by atoms with Gasteiger partial charge in [0.2, 0.25) is 0 Å². The molecule has 0 saturated heterocycles. The molecule has 1 heterocycles. The summed E-state index contributed by atoms with van der Waals surface area (Å²) in [6.07, 6.45) is 3.18. The van der Waals surface area contributed by atoms with Crippen molar-refractivity contribution < 1.29 is 13.9 Å². The summed E-state index contributed by atoms with van der Waals surface area (Å²) in [6, 6.07) is 5.48. The lowest BCUT2D eigenvalue weighted by Crippen LogP contribution is -1.94. The summed E-state index contributed by atoms with van der Waals surface area (Å²) in [5, 5.41) is 8.57. The molecule has 6 heteroatoms. The summed E-state index contributed by atoms with van der Waals surface area (Å²) in [6.45, 7) is 0. The third-order valence-corrected chi connectivity index (χ3v) is 2.05. The van der Waals surface area contributed by atoms with Crippen LogP contribution in [0.4, 0.5) is 4.39 Å². The normalized spacial score (nSPS) is 9.56. The van der Waals surface area contributed by atoms with Crippen molar-refractivity contribution in [3.63, 3.8) is 0 Å². The van der Waals surface area contributed by atoms with E-state index in [9.17, 15) is 9.18 Å². The molecule has 18 heavy (non-hydrogen) atoms. The van der Waals surface area contributed by atoms with Gasteiger partial charge in [0.15, 0.2) is 6.29 Å². The van der Waals surface area contributed by atoms with E-state index in [2.05, 4.69) is 9.97 Å². The van der Waals surface area contributed by atoms with Crippen molar-refractivity contribution in [2.45, 2.75) is 0 Å². The first kappa shape index (κ1) is 11.7. The largest absolute Gasteiger partial charge is 0.424 e. The summed E-state index contributed by atoms with van der Waals surface area (Å²) in [5.41, 5.74) is 0.243. The Morgan fingerprint density at radius 2 is 2.06 bits per heavy atom. The molecule has 1 aromatic carbocycles. The van der Waals surface area contributed by atoms with E-state index in [1.54, 1.807) is 6.07 Å².